The van der Waals surface area contributed by atoms with E-state index < -0.39 is 0 Å². The van der Waals surface area contributed by atoms with Crippen molar-refractivity contribution >= 4 is 17.5 Å². The number of methoxy groups -OCH3 is 1. The van der Waals surface area contributed by atoms with Gasteiger partial charge in [-0.2, -0.15) is 0 Å². The third-order valence-electron chi connectivity index (χ3n) is 3.67. The second-order valence-corrected chi connectivity index (χ2v) is 5.50. The van der Waals surface area contributed by atoms with E-state index in [-0.39, 0.29) is 30.6 Å². The zero-order valence-electron chi connectivity index (χ0n) is 14.3. The van der Waals surface area contributed by atoms with E-state index in [4.69, 9.17) is 4.74 Å². The molecule has 2 aromatic rings. The van der Waals surface area contributed by atoms with Gasteiger partial charge in [0.25, 0.3) is 0 Å². The standard InChI is InChI=1S/C19H21FN2O3/c1-14(23)22(17-8-3-4-9-18(17)25-2)11-10-21-19(24)13-15-6-5-7-16(20)12-15/h3-9,12H,10-11,13H2,1-2H3,(H,21,24). The summed E-state index contributed by atoms with van der Waals surface area (Å²) in [6.45, 7) is 2.05. The highest BCUT2D eigenvalue weighted by Gasteiger charge is 2.15. The zero-order valence-corrected chi connectivity index (χ0v) is 14.3. The van der Waals surface area contributed by atoms with Crippen LogP contribution < -0.4 is 15.0 Å². The maximum Gasteiger partial charge on any atom is 0.224 e. The molecule has 0 radical (unpaired) electrons. The molecule has 0 aliphatic rings. The van der Waals surface area contributed by atoms with Gasteiger partial charge < -0.3 is 15.0 Å². The first-order chi connectivity index (χ1) is 12.0. The molecule has 0 heterocycles. The molecule has 132 valence electrons. The Morgan fingerprint density at radius 3 is 2.60 bits per heavy atom. The number of carbonyl (C=O) groups is 2. The van der Waals surface area contributed by atoms with Crippen LogP contribution in [0, 0.1) is 5.82 Å². The summed E-state index contributed by atoms with van der Waals surface area (Å²) in [6, 6.07) is 13.1. The number of benzene rings is 2. The summed E-state index contributed by atoms with van der Waals surface area (Å²) in [5.41, 5.74) is 1.25. The molecular weight excluding hydrogens is 323 g/mol. The van der Waals surface area contributed by atoms with Crippen molar-refractivity contribution in [2.45, 2.75) is 13.3 Å². The van der Waals surface area contributed by atoms with Crippen LogP contribution in [0.25, 0.3) is 0 Å². The van der Waals surface area contributed by atoms with E-state index in [0.717, 1.165) is 0 Å². The van der Waals surface area contributed by atoms with Crippen LogP contribution in [0.5, 0.6) is 5.75 Å². The minimum Gasteiger partial charge on any atom is -0.495 e. The van der Waals surface area contributed by atoms with Crippen LogP contribution in [-0.2, 0) is 16.0 Å². The normalized spacial score (nSPS) is 10.2. The van der Waals surface area contributed by atoms with Gasteiger partial charge in [0.05, 0.1) is 19.2 Å². The Morgan fingerprint density at radius 1 is 1.16 bits per heavy atom. The van der Waals surface area contributed by atoms with Crippen LogP contribution >= 0.6 is 0 Å². The number of nitrogens with zero attached hydrogens (tertiary/aromatic N) is 1. The molecule has 0 saturated carbocycles. The van der Waals surface area contributed by atoms with Gasteiger partial charge in [-0.3, -0.25) is 9.59 Å². The second kappa shape index (κ2) is 8.82. The number of halogens is 1. The third-order valence-corrected chi connectivity index (χ3v) is 3.67. The van der Waals surface area contributed by atoms with Crippen LogP contribution in [-0.4, -0.2) is 32.0 Å². The summed E-state index contributed by atoms with van der Waals surface area (Å²) in [5, 5.41) is 2.75. The van der Waals surface area contributed by atoms with E-state index in [1.165, 1.54) is 26.2 Å². The topological polar surface area (TPSA) is 58.6 Å². The van der Waals surface area contributed by atoms with Crippen LogP contribution in [0.1, 0.15) is 12.5 Å². The summed E-state index contributed by atoms with van der Waals surface area (Å²) in [7, 11) is 1.54. The van der Waals surface area contributed by atoms with E-state index in [0.29, 0.717) is 23.5 Å². The largest absolute Gasteiger partial charge is 0.495 e. The Hall–Kier alpha value is -2.89. The molecule has 0 aromatic heterocycles. The average molecular weight is 344 g/mol. The van der Waals surface area contributed by atoms with Gasteiger partial charge in [-0.15, -0.1) is 0 Å². The molecular formula is C19H21FN2O3. The number of amides is 2. The number of hydrogen-bond donors (Lipinski definition) is 1. The fraction of sp³-hybridized carbons (Fsp3) is 0.263. The van der Waals surface area contributed by atoms with Gasteiger partial charge in [0.1, 0.15) is 11.6 Å². The lowest BCUT2D eigenvalue weighted by Crippen LogP contribution is -2.38. The fourth-order valence-corrected chi connectivity index (χ4v) is 2.50. The highest BCUT2D eigenvalue weighted by atomic mass is 19.1. The molecule has 0 bridgehead atoms. The highest BCUT2D eigenvalue weighted by molar-refractivity contribution is 5.93. The van der Waals surface area contributed by atoms with Gasteiger partial charge >= 0.3 is 0 Å². The zero-order chi connectivity index (χ0) is 18.2. The first-order valence-electron chi connectivity index (χ1n) is 7.93. The Morgan fingerprint density at radius 2 is 1.92 bits per heavy atom. The molecule has 2 aromatic carbocycles. The van der Waals surface area contributed by atoms with Gasteiger partial charge in [0, 0.05) is 20.0 Å². The van der Waals surface area contributed by atoms with Crippen molar-refractivity contribution in [1.29, 1.82) is 0 Å². The molecule has 1 N–H and O–H groups in total. The van der Waals surface area contributed by atoms with Crippen LogP contribution in [0.3, 0.4) is 0 Å². The molecule has 25 heavy (non-hydrogen) atoms. The van der Waals surface area contributed by atoms with Crippen LogP contribution in [0.15, 0.2) is 48.5 Å². The predicted octanol–water partition coefficient (Wildman–Crippen LogP) is 2.55. The number of para-hydroxylation sites is 2. The Labute approximate surface area is 146 Å². The third kappa shape index (κ3) is 5.31. The van der Waals surface area contributed by atoms with Crippen molar-refractivity contribution in [2.24, 2.45) is 0 Å². The lowest BCUT2D eigenvalue weighted by atomic mass is 10.1. The highest BCUT2D eigenvalue weighted by Crippen LogP contribution is 2.27. The average Bonchev–Trinajstić information content (AvgIpc) is 2.58. The monoisotopic (exact) mass is 344 g/mol. The number of anilines is 1. The maximum absolute atomic E-state index is 13.1. The van der Waals surface area contributed by atoms with E-state index in [1.807, 2.05) is 12.1 Å². The summed E-state index contributed by atoms with van der Waals surface area (Å²) >= 11 is 0. The SMILES string of the molecule is COc1ccccc1N(CCNC(=O)Cc1cccc(F)c1)C(C)=O. The minimum absolute atomic E-state index is 0.0898. The van der Waals surface area contributed by atoms with Gasteiger partial charge in [-0.1, -0.05) is 24.3 Å². The number of rotatable bonds is 7. The first kappa shape index (κ1) is 18.4. The Kier molecular flexibility index (Phi) is 6.51. The Balaban J connectivity index is 1.93. The summed E-state index contributed by atoms with van der Waals surface area (Å²) in [5.74, 6) is -0.161. The Bertz CT molecular complexity index is 749. The van der Waals surface area contributed by atoms with Crippen molar-refractivity contribution in [3.8, 4) is 5.75 Å². The van der Waals surface area contributed by atoms with Gasteiger partial charge in [0.15, 0.2) is 0 Å². The van der Waals surface area contributed by atoms with Crippen molar-refractivity contribution < 1.29 is 18.7 Å². The quantitative estimate of drug-likeness (QED) is 0.840. The van der Waals surface area contributed by atoms with Gasteiger partial charge in [0.2, 0.25) is 11.8 Å². The van der Waals surface area contributed by atoms with E-state index in [2.05, 4.69) is 5.32 Å². The molecule has 6 heteroatoms. The maximum atomic E-state index is 13.1. The molecule has 0 spiro atoms. The van der Waals surface area contributed by atoms with E-state index in [1.54, 1.807) is 29.2 Å². The second-order valence-electron chi connectivity index (χ2n) is 5.50. The number of carbonyl (C=O) groups excluding carboxylic acids is 2. The molecule has 2 amide bonds. The van der Waals surface area contributed by atoms with Crippen LogP contribution in [0.2, 0.25) is 0 Å². The summed E-state index contributed by atoms with van der Waals surface area (Å²) in [6.07, 6.45) is 0.0898. The summed E-state index contributed by atoms with van der Waals surface area (Å²) in [4.78, 5) is 25.4. The molecule has 0 aliphatic carbocycles. The molecule has 0 fully saturated rings. The van der Waals surface area contributed by atoms with Crippen molar-refractivity contribution in [1.82, 2.24) is 5.32 Å². The van der Waals surface area contributed by atoms with Crippen LogP contribution in [0.4, 0.5) is 10.1 Å². The fourth-order valence-electron chi connectivity index (χ4n) is 2.50. The number of ether oxygens (including phenoxy) is 1. The van der Waals surface area contributed by atoms with Gasteiger partial charge in [-0.25, -0.2) is 4.39 Å². The molecule has 2 rings (SSSR count). The molecule has 5 nitrogen and oxygen atoms in total. The lowest BCUT2D eigenvalue weighted by molar-refractivity contribution is -0.121. The predicted molar refractivity (Wildman–Crippen MR) is 94.1 cm³/mol. The first-order valence-corrected chi connectivity index (χ1v) is 7.93. The molecule has 0 saturated heterocycles. The molecule has 0 atom stereocenters. The van der Waals surface area contributed by atoms with Gasteiger partial charge in [-0.05, 0) is 29.8 Å². The molecule has 0 unspecified atom stereocenters. The van der Waals surface area contributed by atoms with Crippen molar-refractivity contribution in [3.05, 3.63) is 59.9 Å². The lowest BCUT2D eigenvalue weighted by Gasteiger charge is -2.23. The number of nitrogens with one attached hydrogen (secondary N) is 1. The smallest absolute Gasteiger partial charge is 0.224 e. The number of hydrogen-bond acceptors (Lipinski definition) is 3. The van der Waals surface area contributed by atoms with E-state index in [9.17, 15) is 14.0 Å². The van der Waals surface area contributed by atoms with Crippen molar-refractivity contribution in [2.75, 3.05) is 25.1 Å². The van der Waals surface area contributed by atoms with E-state index >= 15 is 0 Å². The summed E-state index contributed by atoms with van der Waals surface area (Å²) < 4.78 is 18.4. The van der Waals surface area contributed by atoms with Crippen molar-refractivity contribution in [3.63, 3.8) is 0 Å². The minimum atomic E-state index is -0.371. The molecule has 0 aliphatic heterocycles.